The summed E-state index contributed by atoms with van der Waals surface area (Å²) in [4.78, 5) is 26.8. The molecular weight excluding hydrogens is 360 g/mol. The number of phenolic OH excluding ortho intramolecular Hbond substituents is 1. The number of aromatic amines is 1. The summed E-state index contributed by atoms with van der Waals surface area (Å²) in [6.45, 7) is 9.44. The van der Waals surface area contributed by atoms with Gasteiger partial charge in [0.1, 0.15) is 16.4 Å². The molecule has 1 aromatic carbocycles. The molecule has 0 radical (unpaired) electrons. The Hall–Kier alpha value is -2.38. The predicted molar refractivity (Wildman–Crippen MR) is 110 cm³/mol. The third kappa shape index (κ3) is 3.21. The first-order valence-electron chi connectivity index (χ1n) is 9.22. The van der Waals surface area contributed by atoms with Gasteiger partial charge in [-0.1, -0.05) is 12.1 Å². The molecule has 3 aromatic rings. The number of hydrogen-bond donors (Lipinski definition) is 2. The first-order chi connectivity index (χ1) is 13.0. The van der Waals surface area contributed by atoms with Crippen LogP contribution in [0.15, 0.2) is 29.1 Å². The monoisotopic (exact) mass is 384 g/mol. The van der Waals surface area contributed by atoms with Crippen LogP contribution in [0, 0.1) is 13.8 Å². The van der Waals surface area contributed by atoms with Crippen molar-refractivity contribution >= 4 is 27.2 Å². The summed E-state index contributed by atoms with van der Waals surface area (Å²) in [7, 11) is 0. The Balaban J connectivity index is 1.53. The van der Waals surface area contributed by atoms with Gasteiger partial charge in [0.15, 0.2) is 0 Å². The molecular formula is C20H24N4O2S. The van der Waals surface area contributed by atoms with Crippen molar-refractivity contribution < 1.29 is 5.11 Å². The maximum Gasteiger partial charge on any atom is 0.259 e. The fourth-order valence-corrected chi connectivity index (χ4v) is 4.76. The van der Waals surface area contributed by atoms with Crippen LogP contribution < -0.4 is 10.5 Å². The van der Waals surface area contributed by atoms with Crippen molar-refractivity contribution in [3.05, 3.63) is 50.9 Å². The van der Waals surface area contributed by atoms with E-state index in [0.717, 1.165) is 58.3 Å². The summed E-state index contributed by atoms with van der Waals surface area (Å²) in [5.41, 5.74) is 1.86. The van der Waals surface area contributed by atoms with Gasteiger partial charge in [-0.05, 0) is 38.5 Å². The molecule has 0 bridgehead atoms. The van der Waals surface area contributed by atoms with E-state index in [1.807, 2.05) is 32.0 Å². The van der Waals surface area contributed by atoms with Crippen molar-refractivity contribution in [1.82, 2.24) is 14.9 Å². The second-order valence-corrected chi connectivity index (χ2v) is 8.31. The maximum atomic E-state index is 12.6. The summed E-state index contributed by atoms with van der Waals surface area (Å²) in [6, 6.07) is 7.49. The van der Waals surface area contributed by atoms with E-state index in [1.165, 1.54) is 0 Å². The molecule has 4 rings (SSSR count). The SMILES string of the molecule is Cc1sc2nc(C(C)N3CCN(c4ccccc4O)CC3)[nH]c(=O)c2c1C. The Morgan fingerprint density at radius 3 is 2.59 bits per heavy atom. The largest absolute Gasteiger partial charge is 0.506 e. The number of aryl methyl sites for hydroxylation is 2. The first-order valence-corrected chi connectivity index (χ1v) is 10.0. The molecule has 2 aromatic heterocycles. The number of phenols is 1. The van der Waals surface area contributed by atoms with E-state index in [0.29, 0.717) is 5.75 Å². The molecule has 3 heterocycles. The van der Waals surface area contributed by atoms with Crippen LogP contribution in [0.4, 0.5) is 5.69 Å². The quantitative estimate of drug-likeness (QED) is 0.726. The zero-order chi connectivity index (χ0) is 19.1. The Morgan fingerprint density at radius 1 is 1.19 bits per heavy atom. The predicted octanol–water partition coefficient (Wildman–Crippen LogP) is 3.19. The smallest absolute Gasteiger partial charge is 0.259 e. The number of anilines is 1. The highest BCUT2D eigenvalue weighted by Crippen LogP contribution is 2.30. The number of nitrogens with zero attached hydrogens (tertiary/aromatic N) is 3. The second kappa shape index (κ2) is 6.98. The maximum absolute atomic E-state index is 12.6. The van der Waals surface area contributed by atoms with Crippen LogP contribution >= 0.6 is 11.3 Å². The van der Waals surface area contributed by atoms with Crippen molar-refractivity contribution in [3.63, 3.8) is 0 Å². The number of benzene rings is 1. The van der Waals surface area contributed by atoms with E-state index in [1.54, 1.807) is 17.4 Å². The normalized spacial score (nSPS) is 16.8. The lowest BCUT2D eigenvalue weighted by Crippen LogP contribution is -2.47. The molecule has 27 heavy (non-hydrogen) atoms. The molecule has 142 valence electrons. The van der Waals surface area contributed by atoms with Gasteiger partial charge in [0.2, 0.25) is 0 Å². The van der Waals surface area contributed by atoms with Crippen LogP contribution in [0.25, 0.3) is 10.2 Å². The molecule has 2 N–H and O–H groups in total. The van der Waals surface area contributed by atoms with Crippen LogP contribution in [-0.4, -0.2) is 46.2 Å². The van der Waals surface area contributed by atoms with Crippen LogP contribution in [-0.2, 0) is 0 Å². The van der Waals surface area contributed by atoms with Crippen LogP contribution in [0.5, 0.6) is 5.75 Å². The minimum Gasteiger partial charge on any atom is -0.506 e. The fourth-order valence-electron chi connectivity index (χ4n) is 3.72. The summed E-state index contributed by atoms with van der Waals surface area (Å²) in [6.07, 6.45) is 0. The van der Waals surface area contributed by atoms with Crippen LogP contribution in [0.3, 0.4) is 0 Å². The van der Waals surface area contributed by atoms with E-state index in [4.69, 9.17) is 4.98 Å². The zero-order valence-electron chi connectivity index (χ0n) is 15.8. The number of para-hydroxylation sites is 2. The van der Waals surface area contributed by atoms with Gasteiger partial charge in [-0.25, -0.2) is 4.98 Å². The highest BCUT2D eigenvalue weighted by Gasteiger charge is 2.25. The highest BCUT2D eigenvalue weighted by atomic mass is 32.1. The van der Waals surface area contributed by atoms with Crippen LogP contribution in [0.2, 0.25) is 0 Å². The summed E-state index contributed by atoms with van der Waals surface area (Å²) >= 11 is 1.58. The molecule has 1 fully saturated rings. The molecule has 0 amide bonds. The lowest BCUT2D eigenvalue weighted by atomic mass is 10.1. The van der Waals surface area contributed by atoms with Gasteiger partial charge in [0, 0.05) is 31.1 Å². The second-order valence-electron chi connectivity index (χ2n) is 7.10. The summed E-state index contributed by atoms with van der Waals surface area (Å²) in [5.74, 6) is 1.05. The number of piperazine rings is 1. The van der Waals surface area contributed by atoms with Gasteiger partial charge >= 0.3 is 0 Å². The van der Waals surface area contributed by atoms with Gasteiger partial charge in [-0.15, -0.1) is 11.3 Å². The summed E-state index contributed by atoms with van der Waals surface area (Å²) < 4.78 is 0. The minimum atomic E-state index is -0.0449. The highest BCUT2D eigenvalue weighted by molar-refractivity contribution is 7.18. The minimum absolute atomic E-state index is 0.0383. The van der Waals surface area contributed by atoms with E-state index in [2.05, 4.69) is 21.7 Å². The van der Waals surface area contributed by atoms with Crippen molar-refractivity contribution in [3.8, 4) is 5.75 Å². The van der Waals surface area contributed by atoms with Crippen LogP contribution in [0.1, 0.15) is 29.2 Å². The Kier molecular flexibility index (Phi) is 4.65. The third-order valence-corrected chi connectivity index (χ3v) is 6.64. The van der Waals surface area contributed by atoms with Crippen molar-refractivity contribution in [2.45, 2.75) is 26.8 Å². The molecule has 0 saturated carbocycles. The lowest BCUT2D eigenvalue weighted by Gasteiger charge is -2.38. The average molecular weight is 385 g/mol. The Bertz CT molecular complexity index is 1030. The number of H-pyrrole nitrogens is 1. The van der Waals surface area contributed by atoms with Gasteiger partial charge in [0.05, 0.1) is 17.1 Å². The number of nitrogens with one attached hydrogen (secondary N) is 1. The van der Waals surface area contributed by atoms with Gasteiger partial charge < -0.3 is 15.0 Å². The van der Waals surface area contributed by atoms with Crippen molar-refractivity contribution in [2.24, 2.45) is 0 Å². The van der Waals surface area contributed by atoms with Crippen molar-refractivity contribution in [1.29, 1.82) is 0 Å². The van der Waals surface area contributed by atoms with E-state index < -0.39 is 0 Å². The van der Waals surface area contributed by atoms with E-state index >= 15 is 0 Å². The van der Waals surface area contributed by atoms with E-state index in [-0.39, 0.29) is 11.6 Å². The Morgan fingerprint density at radius 2 is 1.89 bits per heavy atom. The Labute approximate surface area is 162 Å². The summed E-state index contributed by atoms with van der Waals surface area (Å²) in [5, 5.41) is 10.8. The van der Waals surface area contributed by atoms with Gasteiger partial charge in [-0.3, -0.25) is 9.69 Å². The topological polar surface area (TPSA) is 72.5 Å². The molecule has 0 aliphatic carbocycles. The standard InChI is InChI=1S/C20H24N4O2S/c1-12-14(3)27-20-17(12)19(26)21-18(22-20)13(2)23-8-10-24(11-9-23)15-6-4-5-7-16(15)25/h4-7,13,25H,8-11H2,1-3H3,(H,21,22,26). The number of aromatic nitrogens is 2. The number of aromatic hydroxyl groups is 1. The molecule has 6 nitrogen and oxygen atoms in total. The average Bonchev–Trinajstić information content (AvgIpc) is 2.96. The lowest BCUT2D eigenvalue weighted by molar-refractivity contribution is 0.191. The molecule has 1 aliphatic heterocycles. The number of rotatable bonds is 3. The molecule has 1 atom stereocenters. The zero-order valence-corrected chi connectivity index (χ0v) is 16.6. The molecule has 1 saturated heterocycles. The number of hydrogen-bond acceptors (Lipinski definition) is 6. The first kappa shape index (κ1) is 18.0. The number of thiophene rings is 1. The van der Waals surface area contributed by atoms with Crippen molar-refractivity contribution in [2.75, 3.05) is 31.1 Å². The molecule has 0 spiro atoms. The molecule has 1 aliphatic rings. The fraction of sp³-hybridized carbons (Fsp3) is 0.400. The van der Waals surface area contributed by atoms with Gasteiger partial charge in [0.25, 0.3) is 5.56 Å². The molecule has 7 heteroatoms. The third-order valence-electron chi connectivity index (χ3n) is 5.54. The number of fused-ring (bicyclic) bond motifs is 1. The molecule has 1 unspecified atom stereocenters. The van der Waals surface area contributed by atoms with Gasteiger partial charge in [-0.2, -0.15) is 0 Å². The van der Waals surface area contributed by atoms with E-state index in [9.17, 15) is 9.90 Å².